The number of imidazole rings is 1. The van der Waals surface area contributed by atoms with Crippen molar-refractivity contribution in [3.8, 4) is 0 Å². The average molecular weight is 321 g/mol. The number of halogens is 3. The molecular formula is C13H18F3N3OS. The summed E-state index contributed by atoms with van der Waals surface area (Å²) in [6.45, 7) is 0.525. The number of alkyl halides is 3. The minimum absolute atomic E-state index is 0.0298. The monoisotopic (exact) mass is 321 g/mol. The lowest BCUT2D eigenvalue weighted by Crippen LogP contribution is -2.46. The molecule has 1 atom stereocenters. The lowest BCUT2D eigenvalue weighted by molar-refractivity contribution is -0.164. The molecular weight excluding hydrogens is 303 g/mol. The summed E-state index contributed by atoms with van der Waals surface area (Å²) < 4.78 is 39.7. The Labute approximate surface area is 125 Å². The fourth-order valence-corrected chi connectivity index (χ4v) is 3.00. The second-order valence-electron chi connectivity index (χ2n) is 5.32. The molecule has 21 heavy (non-hydrogen) atoms. The van der Waals surface area contributed by atoms with E-state index in [4.69, 9.17) is 0 Å². The van der Waals surface area contributed by atoms with E-state index in [-0.39, 0.29) is 17.7 Å². The molecule has 0 bridgehead atoms. The van der Waals surface area contributed by atoms with Gasteiger partial charge in [0, 0.05) is 25.5 Å². The third-order valence-corrected chi connectivity index (χ3v) is 4.61. The number of hydrogen-bond acceptors (Lipinski definition) is 3. The Balaban J connectivity index is 1.98. The largest absolute Gasteiger partial charge is 0.406 e. The summed E-state index contributed by atoms with van der Waals surface area (Å²) >= 11 is 1.16. The smallest absolute Gasteiger partial charge is 0.330 e. The van der Waals surface area contributed by atoms with Crippen LogP contribution in [0, 0.1) is 5.92 Å². The van der Waals surface area contributed by atoms with Crippen LogP contribution in [0.1, 0.15) is 19.8 Å². The molecule has 1 amide bonds. The number of hydrogen-bond donors (Lipinski definition) is 0. The van der Waals surface area contributed by atoms with Crippen molar-refractivity contribution in [2.75, 3.05) is 12.3 Å². The Morgan fingerprint density at radius 3 is 2.71 bits per heavy atom. The van der Waals surface area contributed by atoms with Crippen LogP contribution in [0.4, 0.5) is 13.2 Å². The van der Waals surface area contributed by atoms with Gasteiger partial charge in [0.2, 0.25) is 5.91 Å². The van der Waals surface area contributed by atoms with Crippen LogP contribution in [-0.2, 0) is 11.8 Å². The molecule has 0 unspecified atom stereocenters. The number of rotatable bonds is 6. The first kappa shape index (κ1) is 16.2. The maximum atomic E-state index is 12.7. The maximum Gasteiger partial charge on any atom is 0.406 e. The molecule has 1 aliphatic rings. The predicted molar refractivity (Wildman–Crippen MR) is 73.9 cm³/mol. The lowest BCUT2D eigenvalue weighted by atomic mass is 10.2. The van der Waals surface area contributed by atoms with Crippen molar-refractivity contribution in [3.63, 3.8) is 0 Å². The molecule has 1 aliphatic carbocycles. The summed E-state index contributed by atoms with van der Waals surface area (Å²) in [5.74, 6) is -0.313. The van der Waals surface area contributed by atoms with E-state index in [0.717, 1.165) is 29.5 Å². The van der Waals surface area contributed by atoms with E-state index in [1.54, 1.807) is 30.9 Å². The summed E-state index contributed by atoms with van der Waals surface area (Å²) in [6.07, 6.45) is 0.748. The van der Waals surface area contributed by atoms with Gasteiger partial charge >= 0.3 is 6.18 Å². The van der Waals surface area contributed by atoms with Gasteiger partial charge in [-0.3, -0.25) is 4.79 Å². The second kappa shape index (κ2) is 6.29. The van der Waals surface area contributed by atoms with Crippen molar-refractivity contribution in [3.05, 3.63) is 12.4 Å². The molecule has 0 radical (unpaired) electrons. The number of aryl methyl sites for hydroxylation is 1. The quantitative estimate of drug-likeness (QED) is 0.756. The van der Waals surface area contributed by atoms with Crippen molar-refractivity contribution >= 4 is 17.7 Å². The van der Waals surface area contributed by atoms with E-state index in [0.29, 0.717) is 5.16 Å². The molecule has 1 heterocycles. The molecule has 0 saturated heterocycles. The van der Waals surface area contributed by atoms with E-state index in [1.807, 2.05) is 0 Å². The van der Waals surface area contributed by atoms with Crippen LogP contribution in [0.15, 0.2) is 17.6 Å². The summed E-state index contributed by atoms with van der Waals surface area (Å²) in [5.41, 5.74) is 0. The molecule has 1 fully saturated rings. The van der Waals surface area contributed by atoms with Gasteiger partial charge in [0.15, 0.2) is 5.16 Å². The molecule has 1 aromatic heterocycles. The molecule has 1 saturated carbocycles. The number of carbonyl (C=O) groups is 1. The Bertz CT molecular complexity index is 499. The summed E-state index contributed by atoms with van der Waals surface area (Å²) in [7, 11) is 1.78. The minimum Gasteiger partial charge on any atom is -0.330 e. The van der Waals surface area contributed by atoms with Crippen LogP contribution in [0.2, 0.25) is 0 Å². The highest BCUT2D eigenvalue weighted by molar-refractivity contribution is 7.99. The van der Waals surface area contributed by atoms with Crippen LogP contribution in [0.25, 0.3) is 0 Å². The van der Waals surface area contributed by atoms with E-state index >= 15 is 0 Å². The third-order valence-electron chi connectivity index (χ3n) is 3.57. The van der Waals surface area contributed by atoms with E-state index < -0.39 is 18.6 Å². The van der Waals surface area contributed by atoms with Gasteiger partial charge in [-0.2, -0.15) is 13.2 Å². The molecule has 0 aromatic carbocycles. The highest BCUT2D eigenvalue weighted by Gasteiger charge is 2.40. The number of nitrogens with zero attached hydrogens (tertiary/aromatic N) is 3. The Hall–Kier alpha value is -1.18. The molecule has 2 rings (SSSR count). The molecule has 0 N–H and O–H groups in total. The normalized spacial score (nSPS) is 16.8. The van der Waals surface area contributed by atoms with E-state index in [2.05, 4.69) is 4.98 Å². The molecule has 8 heteroatoms. The van der Waals surface area contributed by atoms with Gasteiger partial charge in [0.1, 0.15) is 6.54 Å². The average Bonchev–Trinajstić information content (AvgIpc) is 3.15. The zero-order valence-corrected chi connectivity index (χ0v) is 12.7. The molecule has 0 aliphatic heterocycles. The third kappa shape index (κ3) is 4.66. The molecule has 1 aromatic rings. The number of thioether (sulfide) groups is 1. The number of amides is 1. The molecule has 4 nitrogen and oxygen atoms in total. The summed E-state index contributed by atoms with van der Waals surface area (Å²) in [6, 6.07) is -0.360. The maximum absolute atomic E-state index is 12.7. The van der Waals surface area contributed by atoms with Crippen molar-refractivity contribution in [2.24, 2.45) is 13.0 Å². The van der Waals surface area contributed by atoms with Gasteiger partial charge in [-0.15, -0.1) is 0 Å². The zero-order chi connectivity index (χ0) is 15.6. The minimum atomic E-state index is -4.37. The van der Waals surface area contributed by atoms with E-state index in [9.17, 15) is 18.0 Å². The molecule has 0 spiro atoms. The molecule has 118 valence electrons. The SMILES string of the molecule is C[C@@H](C1CC1)N(CC(F)(F)F)C(=O)CSc1nccn1C. The fraction of sp³-hybridized carbons (Fsp3) is 0.692. The van der Waals surface area contributed by atoms with Crippen LogP contribution in [0.5, 0.6) is 0 Å². The van der Waals surface area contributed by atoms with Gasteiger partial charge in [-0.1, -0.05) is 11.8 Å². The topological polar surface area (TPSA) is 38.1 Å². The second-order valence-corrected chi connectivity index (χ2v) is 6.27. The highest BCUT2D eigenvalue weighted by atomic mass is 32.2. The Morgan fingerprint density at radius 1 is 1.57 bits per heavy atom. The van der Waals surface area contributed by atoms with Crippen molar-refractivity contribution in [1.82, 2.24) is 14.5 Å². The summed E-state index contributed by atoms with van der Waals surface area (Å²) in [4.78, 5) is 17.2. The first-order valence-corrected chi connectivity index (χ1v) is 7.73. The van der Waals surface area contributed by atoms with Crippen LogP contribution < -0.4 is 0 Å². The van der Waals surface area contributed by atoms with E-state index in [1.165, 1.54) is 0 Å². The summed E-state index contributed by atoms with van der Waals surface area (Å²) in [5, 5.41) is 0.620. The van der Waals surface area contributed by atoms with Crippen molar-refractivity contribution in [2.45, 2.75) is 37.1 Å². The van der Waals surface area contributed by atoms with Crippen molar-refractivity contribution < 1.29 is 18.0 Å². The van der Waals surface area contributed by atoms with Gasteiger partial charge in [-0.25, -0.2) is 4.98 Å². The van der Waals surface area contributed by atoms with Crippen LogP contribution >= 0.6 is 11.8 Å². The van der Waals surface area contributed by atoms with Gasteiger partial charge < -0.3 is 9.47 Å². The predicted octanol–water partition coefficient (Wildman–Crippen LogP) is 2.70. The first-order chi connectivity index (χ1) is 9.78. The van der Waals surface area contributed by atoms with Crippen LogP contribution in [0.3, 0.4) is 0 Å². The highest BCUT2D eigenvalue weighted by Crippen LogP contribution is 2.36. The number of aromatic nitrogens is 2. The Kier molecular flexibility index (Phi) is 4.85. The van der Waals surface area contributed by atoms with Crippen LogP contribution in [-0.4, -0.2) is 44.9 Å². The van der Waals surface area contributed by atoms with Gasteiger partial charge in [-0.05, 0) is 25.7 Å². The van der Waals surface area contributed by atoms with Gasteiger partial charge in [0.25, 0.3) is 0 Å². The Morgan fingerprint density at radius 2 is 2.24 bits per heavy atom. The van der Waals surface area contributed by atoms with Gasteiger partial charge in [0.05, 0.1) is 5.75 Å². The fourth-order valence-electron chi connectivity index (χ4n) is 2.19. The first-order valence-electron chi connectivity index (χ1n) is 6.74. The lowest BCUT2D eigenvalue weighted by Gasteiger charge is -2.30. The standard InChI is InChI=1S/C13H18F3N3OS/c1-9(10-3-4-10)19(8-13(14,15)16)11(20)7-21-12-17-5-6-18(12)2/h5-6,9-10H,3-4,7-8H2,1-2H3/t9-/m0/s1. The van der Waals surface area contributed by atoms with Crippen molar-refractivity contribution in [1.29, 1.82) is 0 Å². The number of carbonyl (C=O) groups excluding carboxylic acids is 1. The zero-order valence-electron chi connectivity index (χ0n) is 11.9.